The Kier molecular flexibility index (Phi) is 8.64. The number of hydrogen-bond donors (Lipinski definition) is 0. The van der Waals surface area contributed by atoms with E-state index in [9.17, 15) is 9.59 Å². The number of hydrogen-bond acceptors (Lipinski definition) is 7. The number of piperazine rings is 1. The van der Waals surface area contributed by atoms with Crippen molar-refractivity contribution in [2.75, 3.05) is 24.2 Å². The predicted molar refractivity (Wildman–Crippen MR) is 172 cm³/mol. The summed E-state index contributed by atoms with van der Waals surface area (Å²) in [7, 11) is 0. The first kappa shape index (κ1) is 30.1. The van der Waals surface area contributed by atoms with Crippen LogP contribution in [-0.4, -0.2) is 61.8 Å². The second kappa shape index (κ2) is 12.1. The smallest absolute Gasteiger partial charge is 0.349 e. The summed E-state index contributed by atoms with van der Waals surface area (Å²) >= 11 is 15.0. The van der Waals surface area contributed by atoms with Crippen molar-refractivity contribution < 1.29 is 4.79 Å². The Morgan fingerprint density at radius 1 is 1.10 bits per heavy atom. The summed E-state index contributed by atoms with van der Waals surface area (Å²) in [6, 6.07) is 10.8. The molecule has 0 saturated carbocycles. The number of carbonyl (C=O) groups excluding carboxylic acids is 1. The van der Waals surface area contributed by atoms with Crippen molar-refractivity contribution in [2.45, 2.75) is 50.6 Å². The number of amides is 1. The molecule has 8 nitrogen and oxygen atoms in total. The second-order valence-corrected chi connectivity index (χ2v) is 12.3. The van der Waals surface area contributed by atoms with Crippen LogP contribution in [0.5, 0.6) is 0 Å². The van der Waals surface area contributed by atoms with Crippen LogP contribution in [0.25, 0.3) is 28.0 Å². The Morgan fingerprint density at radius 3 is 2.50 bits per heavy atom. The Balaban J connectivity index is 1.84. The number of aromatic nitrogens is 4. The third kappa shape index (κ3) is 5.29. The molecule has 11 heteroatoms. The summed E-state index contributed by atoms with van der Waals surface area (Å²) in [5.74, 6) is 0.372. The lowest BCUT2D eigenvalue weighted by Crippen LogP contribution is -2.58. The van der Waals surface area contributed by atoms with Crippen molar-refractivity contribution in [1.82, 2.24) is 24.4 Å². The first-order chi connectivity index (χ1) is 20.1. The Labute approximate surface area is 259 Å². The molecule has 0 unspecified atom stereocenters. The average Bonchev–Trinajstić information content (AvgIpc) is 2.97. The molecule has 1 amide bonds. The van der Waals surface area contributed by atoms with E-state index in [1.165, 1.54) is 17.8 Å². The number of pyridine rings is 2. The number of anilines is 1. The molecule has 0 bridgehead atoms. The van der Waals surface area contributed by atoms with Crippen molar-refractivity contribution in [3.05, 3.63) is 81.5 Å². The molecule has 4 heterocycles. The minimum absolute atomic E-state index is 0.0282. The molecule has 4 aromatic rings. The van der Waals surface area contributed by atoms with Gasteiger partial charge in [0.05, 0.1) is 32.5 Å². The van der Waals surface area contributed by atoms with E-state index in [0.29, 0.717) is 56.9 Å². The van der Waals surface area contributed by atoms with Gasteiger partial charge in [0.1, 0.15) is 5.82 Å². The highest BCUT2D eigenvalue weighted by molar-refractivity contribution is 7.98. The van der Waals surface area contributed by atoms with Crippen molar-refractivity contribution in [3.8, 4) is 16.9 Å². The van der Waals surface area contributed by atoms with E-state index in [1.807, 2.05) is 64.3 Å². The Morgan fingerprint density at radius 2 is 1.83 bits per heavy atom. The highest BCUT2D eigenvalue weighted by Gasteiger charge is 2.34. The molecule has 218 valence electrons. The van der Waals surface area contributed by atoms with Gasteiger partial charge in [-0.2, -0.15) is 4.98 Å². The van der Waals surface area contributed by atoms with Gasteiger partial charge in [-0.3, -0.25) is 9.78 Å². The van der Waals surface area contributed by atoms with Gasteiger partial charge in [0.25, 0.3) is 0 Å². The van der Waals surface area contributed by atoms with E-state index in [2.05, 4.69) is 21.4 Å². The average molecular weight is 624 g/mol. The standard InChI is InChI=1S/C31H32Cl2N6O2S/c1-7-25(40)37-15-19(5)38(16-18(37)4)29-21-14-23(33)27(20-10-8-9-11-22(20)32)35-30(21)39(31(41)36-29)28-24(42-6)12-13-34-26(28)17(2)3/h7-14,17-19H,1,15-16H2,2-6H3/t18-,19+/m1/s1. The summed E-state index contributed by atoms with van der Waals surface area (Å²) in [5.41, 5.74) is 2.45. The zero-order valence-electron chi connectivity index (χ0n) is 24.1. The molecule has 3 aromatic heterocycles. The molecule has 5 rings (SSSR count). The normalized spacial score (nSPS) is 17.2. The fourth-order valence-electron chi connectivity index (χ4n) is 5.48. The molecule has 1 saturated heterocycles. The molecular weight excluding hydrogens is 591 g/mol. The van der Waals surface area contributed by atoms with E-state index < -0.39 is 5.69 Å². The van der Waals surface area contributed by atoms with E-state index in [1.54, 1.807) is 21.7 Å². The van der Waals surface area contributed by atoms with Crippen molar-refractivity contribution in [3.63, 3.8) is 0 Å². The van der Waals surface area contributed by atoms with E-state index in [0.717, 1.165) is 10.6 Å². The van der Waals surface area contributed by atoms with Crippen LogP contribution < -0.4 is 10.6 Å². The van der Waals surface area contributed by atoms with Gasteiger partial charge in [0.2, 0.25) is 5.91 Å². The third-order valence-corrected chi connectivity index (χ3v) is 8.94. The first-order valence-corrected chi connectivity index (χ1v) is 15.7. The number of rotatable bonds is 6. The molecular formula is C31H32Cl2N6O2S. The zero-order chi connectivity index (χ0) is 30.3. The number of nitrogens with zero attached hydrogens (tertiary/aromatic N) is 6. The minimum atomic E-state index is -0.480. The molecule has 1 aliphatic rings. The third-order valence-electron chi connectivity index (χ3n) is 7.55. The van der Waals surface area contributed by atoms with Gasteiger partial charge in [0.15, 0.2) is 5.65 Å². The number of thioether (sulfide) groups is 1. The monoisotopic (exact) mass is 622 g/mol. The van der Waals surface area contributed by atoms with Crippen molar-refractivity contribution >= 4 is 57.7 Å². The van der Waals surface area contributed by atoms with E-state index in [-0.39, 0.29) is 23.9 Å². The Hall–Kier alpha value is -3.40. The van der Waals surface area contributed by atoms with E-state index in [4.69, 9.17) is 28.2 Å². The summed E-state index contributed by atoms with van der Waals surface area (Å²) in [6.45, 7) is 12.6. The molecule has 0 N–H and O–H groups in total. The van der Waals surface area contributed by atoms with Gasteiger partial charge in [-0.1, -0.05) is 61.8 Å². The molecule has 0 radical (unpaired) electrons. The maximum atomic E-state index is 14.2. The lowest BCUT2D eigenvalue weighted by atomic mass is 10.1. The largest absolute Gasteiger partial charge is 0.355 e. The first-order valence-electron chi connectivity index (χ1n) is 13.7. The molecule has 1 fully saturated rings. The van der Waals surface area contributed by atoms with Crippen LogP contribution in [0.15, 0.2) is 64.9 Å². The van der Waals surface area contributed by atoms with Gasteiger partial charge < -0.3 is 9.80 Å². The second-order valence-electron chi connectivity index (χ2n) is 10.7. The predicted octanol–water partition coefficient (Wildman–Crippen LogP) is 6.61. The van der Waals surface area contributed by atoms with Gasteiger partial charge in [-0.25, -0.2) is 14.3 Å². The van der Waals surface area contributed by atoms with Crippen LogP contribution in [0, 0.1) is 0 Å². The summed E-state index contributed by atoms with van der Waals surface area (Å²) in [4.78, 5) is 45.7. The van der Waals surface area contributed by atoms with Crippen LogP contribution in [0.4, 0.5) is 5.82 Å². The number of carbonyl (C=O) groups is 1. The van der Waals surface area contributed by atoms with Crippen LogP contribution in [0.3, 0.4) is 0 Å². The molecule has 2 atom stereocenters. The lowest BCUT2D eigenvalue weighted by Gasteiger charge is -2.44. The SMILES string of the molecule is C=CC(=O)N1C[C@H](C)N(c2nc(=O)n(-c3c(SC)ccnc3C(C)C)c3nc(-c4ccccc4Cl)c(Cl)cc23)C[C@H]1C. The van der Waals surface area contributed by atoms with Crippen LogP contribution >= 0.6 is 35.0 Å². The highest BCUT2D eigenvalue weighted by Crippen LogP contribution is 2.38. The van der Waals surface area contributed by atoms with Crippen molar-refractivity contribution in [1.29, 1.82) is 0 Å². The summed E-state index contributed by atoms with van der Waals surface area (Å²) in [5, 5.41) is 1.49. The van der Waals surface area contributed by atoms with Crippen LogP contribution in [-0.2, 0) is 4.79 Å². The minimum Gasteiger partial charge on any atom is -0.349 e. The van der Waals surface area contributed by atoms with E-state index >= 15 is 0 Å². The maximum absolute atomic E-state index is 14.2. The molecule has 0 aliphatic carbocycles. The number of fused-ring (bicyclic) bond motifs is 1. The maximum Gasteiger partial charge on any atom is 0.355 e. The number of halogens is 2. The van der Waals surface area contributed by atoms with Crippen LogP contribution in [0.2, 0.25) is 10.0 Å². The fraction of sp³-hybridized carbons (Fsp3) is 0.323. The van der Waals surface area contributed by atoms with Crippen molar-refractivity contribution in [2.24, 2.45) is 0 Å². The summed E-state index contributed by atoms with van der Waals surface area (Å²) < 4.78 is 1.55. The quantitative estimate of drug-likeness (QED) is 0.177. The van der Waals surface area contributed by atoms with Gasteiger partial charge in [0, 0.05) is 41.8 Å². The highest BCUT2D eigenvalue weighted by atomic mass is 35.5. The molecule has 1 aromatic carbocycles. The number of benzene rings is 1. The van der Waals surface area contributed by atoms with Crippen LogP contribution in [0.1, 0.15) is 39.3 Å². The summed E-state index contributed by atoms with van der Waals surface area (Å²) in [6.07, 6.45) is 5.05. The molecule has 42 heavy (non-hydrogen) atoms. The molecule has 1 aliphatic heterocycles. The Bertz CT molecular complexity index is 1760. The topological polar surface area (TPSA) is 84.2 Å². The lowest BCUT2D eigenvalue weighted by molar-refractivity contribution is -0.128. The van der Waals surface area contributed by atoms with Gasteiger partial charge >= 0.3 is 5.69 Å². The molecule has 0 spiro atoms. The van der Waals surface area contributed by atoms with Gasteiger partial charge in [-0.15, -0.1) is 11.8 Å². The van der Waals surface area contributed by atoms with Gasteiger partial charge in [-0.05, 0) is 50.3 Å². The fourth-order valence-corrected chi connectivity index (χ4v) is 6.54. The zero-order valence-corrected chi connectivity index (χ0v) is 26.5.